The smallest absolute Gasteiger partial charge is 0.314 e. The van der Waals surface area contributed by atoms with E-state index >= 15 is 0 Å². The zero-order chi connectivity index (χ0) is 7.89. The molecule has 1 rings (SSSR count). The van der Waals surface area contributed by atoms with Crippen LogP contribution in [-0.4, -0.2) is 10.5 Å². The molecule has 0 atom stereocenters. The molecular formula is C4H3N3O3. The van der Waals surface area contributed by atoms with E-state index in [1.54, 1.807) is 0 Å². The first kappa shape index (κ1) is 6.40. The van der Waals surface area contributed by atoms with Crippen molar-refractivity contribution in [3.8, 4) is 0 Å². The van der Waals surface area contributed by atoms with Crippen LogP contribution in [0.4, 0.5) is 0 Å². The third-order valence-corrected chi connectivity index (χ3v) is 1.04. The second-order valence-electron chi connectivity index (χ2n) is 1.66. The third-order valence-electron chi connectivity index (χ3n) is 1.04. The first-order valence-corrected chi connectivity index (χ1v) is 2.32. The third kappa shape index (κ3) is 0.524. The lowest BCUT2D eigenvalue weighted by Crippen LogP contribution is -2.62. The minimum Gasteiger partial charge on any atom is -0.369 e. The van der Waals surface area contributed by atoms with Crippen LogP contribution in [0.1, 0.15) is 0 Å². The maximum atomic E-state index is 10.3. The largest absolute Gasteiger partial charge is 0.369 e. The predicted octanol–water partition coefficient (Wildman–Crippen LogP) is -2.81. The highest BCUT2D eigenvalue weighted by molar-refractivity contribution is 5.77. The summed E-state index contributed by atoms with van der Waals surface area (Å²) in [4.78, 5) is 30.9. The Kier molecular flexibility index (Phi) is 1.04. The van der Waals surface area contributed by atoms with Crippen LogP contribution in [0.3, 0.4) is 0 Å². The maximum Gasteiger partial charge on any atom is 0.314 e. The molecule has 0 amide bonds. The lowest BCUT2D eigenvalue weighted by atomic mass is 10.5. The SMILES string of the molecule is N=C(N)n1c(=O)c(=O)c1=O. The summed E-state index contributed by atoms with van der Waals surface area (Å²) in [6, 6.07) is 0. The Balaban J connectivity index is 3.52. The number of aromatic nitrogens is 1. The molecular weight excluding hydrogens is 138 g/mol. The van der Waals surface area contributed by atoms with Crippen molar-refractivity contribution in [2.24, 2.45) is 5.73 Å². The monoisotopic (exact) mass is 141 g/mol. The summed E-state index contributed by atoms with van der Waals surface area (Å²) in [6.45, 7) is 0. The zero-order valence-corrected chi connectivity index (χ0v) is 4.75. The van der Waals surface area contributed by atoms with Gasteiger partial charge in [0.25, 0.3) is 0 Å². The van der Waals surface area contributed by atoms with E-state index in [1.807, 2.05) is 0 Å². The Morgan fingerprint density at radius 1 is 1.30 bits per heavy atom. The number of nitrogens with one attached hydrogen (secondary N) is 1. The van der Waals surface area contributed by atoms with Crippen molar-refractivity contribution in [3.05, 3.63) is 30.9 Å². The molecule has 0 fully saturated rings. The van der Waals surface area contributed by atoms with Gasteiger partial charge in [-0.1, -0.05) is 0 Å². The van der Waals surface area contributed by atoms with Crippen LogP contribution < -0.4 is 22.3 Å². The quantitative estimate of drug-likeness (QED) is 0.231. The fraction of sp³-hybridized carbons (Fsp3) is 0. The van der Waals surface area contributed by atoms with Gasteiger partial charge in [0.15, 0.2) is 0 Å². The molecule has 0 saturated heterocycles. The highest BCUT2D eigenvalue weighted by Gasteiger charge is 2.16. The summed E-state index contributed by atoms with van der Waals surface area (Å²) < 4.78 is 0.308. The van der Waals surface area contributed by atoms with Crippen molar-refractivity contribution < 1.29 is 0 Å². The van der Waals surface area contributed by atoms with Crippen LogP contribution in [0.25, 0.3) is 0 Å². The number of nitrogen functional groups attached to an aromatic ring is 1. The number of hydrogen-bond acceptors (Lipinski definition) is 4. The molecule has 6 heteroatoms. The Hall–Kier alpha value is -1.72. The second-order valence-corrected chi connectivity index (χ2v) is 1.66. The van der Waals surface area contributed by atoms with E-state index in [4.69, 9.17) is 11.1 Å². The first-order chi connectivity index (χ1) is 4.55. The van der Waals surface area contributed by atoms with Gasteiger partial charge in [0.1, 0.15) is 0 Å². The van der Waals surface area contributed by atoms with E-state index < -0.39 is 22.5 Å². The van der Waals surface area contributed by atoms with Gasteiger partial charge in [-0.3, -0.25) is 19.8 Å². The molecule has 1 heterocycles. The average molecular weight is 141 g/mol. The van der Waals surface area contributed by atoms with Crippen molar-refractivity contribution in [2.45, 2.75) is 0 Å². The average Bonchev–Trinajstić information content (AvgIpc) is 1.87. The summed E-state index contributed by atoms with van der Waals surface area (Å²) in [5, 5.41) is 6.61. The second kappa shape index (κ2) is 1.63. The Morgan fingerprint density at radius 3 is 1.90 bits per heavy atom. The predicted molar refractivity (Wildman–Crippen MR) is 32.9 cm³/mol. The molecule has 1 aromatic rings. The molecule has 0 spiro atoms. The summed E-state index contributed by atoms with van der Waals surface area (Å²) in [5.74, 6) is -0.713. The van der Waals surface area contributed by atoms with E-state index in [9.17, 15) is 14.4 Å². The molecule has 1 aromatic heterocycles. The summed E-state index contributed by atoms with van der Waals surface area (Å²) in [5.41, 5.74) is 1.58. The summed E-state index contributed by atoms with van der Waals surface area (Å²) >= 11 is 0. The van der Waals surface area contributed by atoms with Crippen molar-refractivity contribution in [1.82, 2.24) is 4.57 Å². The van der Waals surface area contributed by atoms with Crippen LogP contribution in [0.5, 0.6) is 0 Å². The van der Waals surface area contributed by atoms with Gasteiger partial charge in [0, 0.05) is 0 Å². The highest BCUT2D eigenvalue weighted by Crippen LogP contribution is 1.56. The van der Waals surface area contributed by atoms with Crippen LogP contribution in [0.15, 0.2) is 14.4 Å². The van der Waals surface area contributed by atoms with Gasteiger partial charge in [0.2, 0.25) is 5.96 Å². The van der Waals surface area contributed by atoms with Crippen LogP contribution in [0, 0.1) is 5.41 Å². The number of nitrogens with two attached hydrogens (primary N) is 1. The standard InChI is InChI=1S/C4H3N3O3/c5-4(6)7-2(9)1(8)3(7)10/h(H3,5,6). The molecule has 0 unspecified atom stereocenters. The minimum absolute atomic E-state index is 0.308. The maximum absolute atomic E-state index is 10.3. The Morgan fingerprint density at radius 2 is 1.70 bits per heavy atom. The Labute approximate surface area is 53.7 Å². The van der Waals surface area contributed by atoms with Gasteiger partial charge in [-0.15, -0.1) is 0 Å². The fourth-order valence-corrected chi connectivity index (χ4v) is 0.553. The molecule has 0 aliphatic carbocycles. The molecule has 10 heavy (non-hydrogen) atoms. The molecule has 0 aliphatic heterocycles. The highest BCUT2D eigenvalue weighted by atomic mass is 16.2. The molecule has 0 saturated carbocycles. The molecule has 52 valence electrons. The van der Waals surface area contributed by atoms with E-state index in [2.05, 4.69) is 0 Å². The number of hydrogen-bond donors (Lipinski definition) is 2. The number of nitrogens with zero attached hydrogens (tertiary/aromatic N) is 1. The van der Waals surface area contributed by atoms with Crippen molar-refractivity contribution in [3.63, 3.8) is 0 Å². The first-order valence-electron chi connectivity index (χ1n) is 2.32. The zero-order valence-electron chi connectivity index (χ0n) is 4.75. The van der Waals surface area contributed by atoms with E-state index in [0.29, 0.717) is 4.57 Å². The van der Waals surface area contributed by atoms with Gasteiger partial charge in [-0.25, -0.2) is 4.57 Å². The van der Waals surface area contributed by atoms with Gasteiger partial charge in [0.05, 0.1) is 0 Å². The Bertz CT molecular complexity index is 377. The fourth-order valence-electron chi connectivity index (χ4n) is 0.553. The number of rotatable bonds is 0. The molecule has 0 aliphatic rings. The van der Waals surface area contributed by atoms with Crippen LogP contribution >= 0.6 is 0 Å². The van der Waals surface area contributed by atoms with Gasteiger partial charge in [-0.05, 0) is 0 Å². The van der Waals surface area contributed by atoms with Crippen molar-refractivity contribution in [1.29, 1.82) is 5.41 Å². The van der Waals surface area contributed by atoms with Crippen molar-refractivity contribution >= 4 is 5.96 Å². The van der Waals surface area contributed by atoms with E-state index in [-0.39, 0.29) is 0 Å². The van der Waals surface area contributed by atoms with Crippen LogP contribution in [0.2, 0.25) is 0 Å². The van der Waals surface area contributed by atoms with E-state index in [1.165, 1.54) is 0 Å². The summed E-state index contributed by atoms with van der Waals surface area (Å²) in [6.07, 6.45) is 0. The van der Waals surface area contributed by atoms with Crippen molar-refractivity contribution in [2.75, 3.05) is 0 Å². The molecule has 0 aromatic carbocycles. The molecule has 0 bridgehead atoms. The topological polar surface area (TPSA) is 106 Å². The van der Waals surface area contributed by atoms with Gasteiger partial charge >= 0.3 is 16.5 Å². The molecule has 6 nitrogen and oxygen atoms in total. The lowest BCUT2D eigenvalue weighted by molar-refractivity contribution is 0.882. The van der Waals surface area contributed by atoms with Crippen LogP contribution in [-0.2, 0) is 0 Å². The van der Waals surface area contributed by atoms with Gasteiger partial charge < -0.3 is 5.73 Å². The van der Waals surface area contributed by atoms with E-state index in [0.717, 1.165) is 0 Å². The molecule has 3 N–H and O–H groups in total. The summed E-state index contributed by atoms with van der Waals surface area (Å²) in [7, 11) is 0. The molecule has 0 radical (unpaired) electrons. The van der Waals surface area contributed by atoms with Gasteiger partial charge in [-0.2, -0.15) is 0 Å². The minimum atomic E-state index is -1.12. The normalized spacial score (nSPS) is 10.0. The lowest BCUT2D eigenvalue weighted by Gasteiger charge is -1.98.